The van der Waals surface area contributed by atoms with E-state index in [1.54, 1.807) is 0 Å². The summed E-state index contributed by atoms with van der Waals surface area (Å²) in [6.07, 6.45) is 8.03. The van der Waals surface area contributed by atoms with Crippen molar-refractivity contribution in [1.29, 1.82) is 0 Å². The van der Waals surface area contributed by atoms with E-state index in [2.05, 4.69) is 65.3 Å². The van der Waals surface area contributed by atoms with E-state index in [1.165, 1.54) is 10.8 Å². The fraction of sp³-hybridized carbons (Fsp3) is 0.474. The second-order valence-corrected chi connectivity index (χ2v) is 8.33. The molecule has 4 nitrogen and oxygen atoms in total. The molecule has 5 heteroatoms. The Balaban J connectivity index is 1.87. The average molecular weight is 343 g/mol. The third-order valence-electron chi connectivity index (χ3n) is 4.20. The molecule has 24 heavy (non-hydrogen) atoms. The largest absolute Gasteiger partial charge is 0.382 e. The molecule has 0 amide bonds. The zero-order chi connectivity index (χ0) is 17.0. The summed E-state index contributed by atoms with van der Waals surface area (Å²) >= 11 is 4.53. The Kier molecular flexibility index (Phi) is 5.41. The molecule has 2 heterocycles. The first-order valence-electron chi connectivity index (χ1n) is 8.58. The van der Waals surface area contributed by atoms with Crippen LogP contribution in [0.25, 0.3) is 10.8 Å². The van der Waals surface area contributed by atoms with Crippen LogP contribution in [0.3, 0.4) is 0 Å². The molecular formula is C19H26N4S. The second-order valence-electron chi connectivity index (χ2n) is 7.12. The lowest BCUT2D eigenvalue weighted by molar-refractivity contribution is 0.479. The highest BCUT2D eigenvalue weighted by Crippen LogP contribution is 2.26. The lowest BCUT2D eigenvalue weighted by Gasteiger charge is -2.25. The fourth-order valence-electron chi connectivity index (χ4n) is 2.98. The molecule has 1 aliphatic heterocycles. The van der Waals surface area contributed by atoms with Gasteiger partial charge in [0, 0.05) is 40.5 Å². The van der Waals surface area contributed by atoms with Crippen LogP contribution in [-0.2, 0) is 0 Å². The van der Waals surface area contributed by atoms with Crippen molar-refractivity contribution < 1.29 is 0 Å². The van der Waals surface area contributed by atoms with Crippen LogP contribution in [0.5, 0.6) is 0 Å². The monoisotopic (exact) mass is 342 g/mol. The third-order valence-corrected chi connectivity index (χ3v) is 4.34. The van der Waals surface area contributed by atoms with Gasteiger partial charge in [0.25, 0.3) is 0 Å². The minimum Gasteiger partial charge on any atom is -0.382 e. The van der Waals surface area contributed by atoms with Crippen molar-refractivity contribution in [2.75, 3.05) is 25.0 Å². The van der Waals surface area contributed by atoms with E-state index < -0.39 is 0 Å². The molecule has 3 rings (SSSR count). The van der Waals surface area contributed by atoms with Gasteiger partial charge in [-0.2, -0.15) is 12.6 Å². The number of hydrogen-bond donors (Lipinski definition) is 3. The van der Waals surface area contributed by atoms with Gasteiger partial charge in [-0.1, -0.05) is 0 Å². The molecule has 1 fully saturated rings. The molecule has 2 aromatic rings. The van der Waals surface area contributed by atoms with E-state index in [-0.39, 0.29) is 4.75 Å². The van der Waals surface area contributed by atoms with E-state index in [4.69, 9.17) is 0 Å². The van der Waals surface area contributed by atoms with E-state index in [0.717, 1.165) is 37.2 Å². The Labute approximate surface area is 149 Å². The van der Waals surface area contributed by atoms with E-state index >= 15 is 0 Å². The number of aromatic nitrogens is 1. The lowest BCUT2D eigenvalue weighted by Crippen LogP contribution is -2.35. The zero-order valence-corrected chi connectivity index (χ0v) is 15.3. The molecule has 0 bridgehead atoms. The number of rotatable bonds is 5. The summed E-state index contributed by atoms with van der Waals surface area (Å²) in [5.74, 6) is 0. The molecule has 0 unspecified atom stereocenters. The first-order valence-corrected chi connectivity index (χ1v) is 9.03. The van der Waals surface area contributed by atoms with Gasteiger partial charge in [-0.25, -0.2) is 0 Å². The van der Waals surface area contributed by atoms with Crippen molar-refractivity contribution in [3.05, 3.63) is 36.2 Å². The van der Waals surface area contributed by atoms with Crippen LogP contribution in [0.2, 0.25) is 0 Å². The van der Waals surface area contributed by atoms with Crippen LogP contribution in [0.1, 0.15) is 32.3 Å². The van der Waals surface area contributed by atoms with Gasteiger partial charge in [0.2, 0.25) is 0 Å². The number of pyridine rings is 1. The summed E-state index contributed by atoms with van der Waals surface area (Å²) in [7, 11) is 0. The zero-order valence-electron chi connectivity index (χ0n) is 14.4. The van der Waals surface area contributed by atoms with Gasteiger partial charge in [-0.3, -0.25) is 9.98 Å². The molecule has 128 valence electrons. The minimum absolute atomic E-state index is 0.0898. The van der Waals surface area contributed by atoms with Gasteiger partial charge >= 0.3 is 0 Å². The number of fused-ring (bicyclic) bond motifs is 1. The fourth-order valence-corrected chi connectivity index (χ4v) is 3.06. The quantitative estimate of drug-likeness (QED) is 0.575. The molecule has 1 saturated heterocycles. The topological polar surface area (TPSA) is 49.3 Å². The number of thiol groups is 1. The van der Waals surface area contributed by atoms with Crippen molar-refractivity contribution in [1.82, 2.24) is 10.3 Å². The Bertz CT molecular complexity index is 715. The first kappa shape index (κ1) is 17.2. The van der Waals surface area contributed by atoms with Crippen molar-refractivity contribution in [2.24, 2.45) is 4.99 Å². The molecule has 2 N–H and O–H groups in total. The molecule has 1 aromatic heterocycles. The first-order chi connectivity index (χ1) is 11.5. The van der Waals surface area contributed by atoms with Crippen molar-refractivity contribution in [3.8, 4) is 0 Å². The Morgan fingerprint density at radius 2 is 2.17 bits per heavy atom. The number of anilines is 1. The summed E-state index contributed by atoms with van der Waals surface area (Å²) < 4.78 is -0.0898. The summed E-state index contributed by atoms with van der Waals surface area (Å²) in [5.41, 5.74) is 2.27. The highest BCUT2D eigenvalue weighted by Gasteiger charge is 2.14. The molecule has 0 saturated carbocycles. The highest BCUT2D eigenvalue weighted by molar-refractivity contribution is 7.81. The molecule has 1 aliphatic rings. The average Bonchev–Trinajstić information content (AvgIpc) is 2.55. The van der Waals surface area contributed by atoms with E-state index in [0.29, 0.717) is 12.6 Å². The van der Waals surface area contributed by atoms with Gasteiger partial charge < -0.3 is 10.6 Å². The maximum Gasteiger partial charge on any atom is 0.0528 e. The molecule has 1 aromatic carbocycles. The van der Waals surface area contributed by atoms with Crippen LogP contribution < -0.4 is 10.6 Å². The van der Waals surface area contributed by atoms with Crippen LogP contribution in [0.15, 0.2) is 35.6 Å². The van der Waals surface area contributed by atoms with Crippen LogP contribution in [-0.4, -0.2) is 41.6 Å². The second kappa shape index (κ2) is 7.53. The highest BCUT2D eigenvalue weighted by atomic mass is 32.1. The summed E-state index contributed by atoms with van der Waals surface area (Å²) in [5, 5.41) is 9.48. The maximum atomic E-state index is 4.55. The van der Waals surface area contributed by atoms with Crippen molar-refractivity contribution in [3.63, 3.8) is 0 Å². The van der Waals surface area contributed by atoms with Crippen LogP contribution in [0, 0.1) is 0 Å². The Morgan fingerprint density at radius 1 is 1.38 bits per heavy atom. The standard InChI is InChI=1S/C19H26N4S/c1-19(2,24)13-22-11-14-9-15-3-6-21-12-17(15)18(10-14)23-16-4-7-20-8-5-16/h3,6,9-12,16,20,23-24H,4-5,7-8,13H2,1-2H3. The molecule has 0 atom stereocenters. The third kappa shape index (κ3) is 4.71. The van der Waals surface area contributed by atoms with Crippen LogP contribution >= 0.6 is 12.6 Å². The summed E-state index contributed by atoms with van der Waals surface area (Å²) in [6, 6.07) is 6.92. The van der Waals surface area contributed by atoms with Gasteiger partial charge in [0.15, 0.2) is 0 Å². The molecule has 0 aliphatic carbocycles. The van der Waals surface area contributed by atoms with Crippen LogP contribution in [0.4, 0.5) is 5.69 Å². The number of piperidine rings is 1. The number of aliphatic imine (C=N–C) groups is 1. The molecule has 0 radical (unpaired) electrons. The minimum atomic E-state index is -0.0898. The predicted octanol–water partition coefficient (Wildman–Crippen LogP) is 3.53. The summed E-state index contributed by atoms with van der Waals surface area (Å²) in [6.45, 7) is 6.99. The molecular weight excluding hydrogens is 316 g/mol. The number of nitrogens with zero attached hydrogens (tertiary/aromatic N) is 2. The number of benzene rings is 1. The molecule has 0 spiro atoms. The van der Waals surface area contributed by atoms with Gasteiger partial charge in [0.05, 0.1) is 6.54 Å². The Morgan fingerprint density at radius 3 is 2.92 bits per heavy atom. The maximum absolute atomic E-state index is 4.55. The van der Waals surface area contributed by atoms with Crippen molar-refractivity contribution in [2.45, 2.75) is 37.5 Å². The van der Waals surface area contributed by atoms with E-state index in [1.807, 2.05) is 18.6 Å². The number of nitrogens with one attached hydrogen (secondary N) is 2. The van der Waals surface area contributed by atoms with Gasteiger partial charge in [0.1, 0.15) is 0 Å². The normalized spacial score (nSPS) is 16.8. The lowest BCUT2D eigenvalue weighted by atomic mass is 10.0. The number of hydrogen-bond acceptors (Lipinski definition) is 5. The predicted molar refractivity (Wildman–Crippen MR) is 107 cm³/mol. The SMILES string of the molecule is CC(C)(S)CN=Cc1cc(NC2CCNCC2)c2cnccc2c1. The van der Waals surface area contributed by atoms with E-state index in [9.17, 15) is 0 Å². The van der Waals surface area contributed by atoms with Gasteiger partial charge in [-0.15, -0.1) is 0 Å². The van der Waals surface area contributed by atoms with Crippen molar-refractivity contribution >= 4 is 35.3 Å². The smallest absolute Gasteiger partial charge is 0.0528 e. The van der Waals surface area contributed by atoms with Gasteiger partial charge in [-0.05, 0) is 68.9 Å². The summed E-state index contributed by atoms with van der Waals surface area (Å²) in [4.78, 5) is 8.85. The Hall–Kier alpha value is -1.59.